The Balaban J connectivity index is 1.69. The van der Waals surface area contributed by atoms with Crippen molar-refractivity contribution < 1.29 is 17.7 Å². The quantitative estimate of drug-likeness (QED) is 0.628. The molecule has 0 radical (unpaired) electrons. The zero-order valence-corrected chi connectivity index (χ0v) is 20.8. The number of rotatable bonds is 6. The second-order valence-electron chi connectivity index (χ2n) is 11.5. The minimum Gasteiger partial charge on any atom is -0.399 e. The molecule has 1 saturated heterocycles. The van der Waals surface area contributed by atoms with Gasteiger partial charge in [0.15, 0.2) is 9.84 Å². The van der Waals surface area contributed by atoms with E-state index in [0.29, 0.717) is 6.42 Å². The minimum absolute atomic E-state index is 0.101. The Morgan fingerprint density at radius 1 is 1.10 bits per heavy atom. The Labute approximate surface area is 187 Å². The number of fused-ring (bicyclic) bond motifs is 1. The third kappa shape index (κ3) is 4.60. The van der Waals surface area contributed by atoms with Crippen molar-refractivity contribution in [3.8, 4) is 0 Å². The topological polar surface area (TPSA) is 57.5 Å². The van der Waals surface area contributed by atoms with Crippen molar-refractivity contribution in [1.29, 1.82) is 0 Å². The summed E-state index contributed by atoms with van der Waals surface area (Å²) in [5, 5.41) is 1.01. The zero-order valence-electron chi connectivity index (χ0n) is 20.0. The molecular weight excluding hydrogens is 409 g/mol. The summed E-state index contributed by atoms with van der Waals surface area (Å²) in [6, 6.07) is 6.32. The maximum atomic E-state index is 12.4. The third-order valence-corrected chi connectivity index (χ3v) is 9.11. The first-order valence-electron chi connectivity index (χ1n) is 11.4. The average Bonchev–Trinajstić information content (AvgIpc) is 3.39. The van der Waals surface area contributed by atoms with Crippen LogP contribution in [0.15, 0.2) is 24.4 Å². The maximum absolute atomic E-state index is 12.4. The molecule has 1 aliphatic carbocycles. The second-order valence-corrected chi connectivity index (χ2v) is 13.9. The molecule has 0 amide bonds. The van der Waals surface area contributed by atoms with Crippen LogP contribution in [-0.4, -0.2) is 42.3 Å². The molecule has 0 spiro atoms. The van der Waals surface area contributed by atoms with Gasteiger partial charge in [0.05, 0.1) is 22.2 Å². The van der Waals surface area contributed by atoms with Gasteiger partial charge in [-0.25, -0.2) is 8.42 Å². The van der Waals surface area contributed by atoms with E-state index < -0.39 is 17.0 Å². The molecule has 7 heteroatoms. The van der Waals surface area contributed by atoms with Crippen LogP contribution in [0.3, 0.4) is 0 Å². The molecule has 1 saturated carbocycles. The van der Waals surface area contributed by atoms with E-state index in [2.05, 4.69) is 77.4 Å². The number of aryl methyl sites for hydroxylation is 1. The van der Waals surface area contributed by atoms with Crippen LogP contribution in [0.25, 0.3) is 10.9 Å². The van der Waals surface area contributed by atoms with E-state index >= 15 is 0 Å². The van der Waals surface area contributed by atoms with Crippen molar-refractivity contribution in [2.24, 2.45) is 5.41 Å². The highest BCUT2D eigenvalue weighted by Gasteiger charge is 2.51. The Kier molecular flexibility index (Phi) is 5.43. The summed E-state index contributed by atoms with van der Waals surface area (Å²) in [5.41, 5.74) is 2.54. The van der Waals surface area contributed by atoms with Crippen LogP contribution in [0.2, 0.25) is 0 Å². The molecule has 0 N–H and O–H groups in total. The number of benzene rings is 1. The fourth-order valence-corrected chi connectivity index (χ4v) is 5.89. The molecule has 2 fully saturated rings. The number of aromatic nitrogens is 1. The van der Waals surface area contributed by atoms with Gasteiger partial charge in [0.2, 0.25) is 0 Å². The fraction of sp³-hybridized carbons (Fsp3) is 0.667. The van der Waals surface area contributed by atoms with Gasteiger partial charge in [0, 0.05) is 23.6 Å². The summed E-state index contributed by atoms with van der Waals surface area (Å²) in [4.78, 5) is 0. The first-order valence-corrected chi connectivity index (χ1v) is 13.1. The summed E-state index contributed by atoms with van der Waals surface area (Å²) < 4.78 is 39.7. The van der Waals surface area contributed by atoms with Crippen LogP contribution in [0.5, 0.6) is 0 Å². The highest BCUT2D eigenvalue weighted by molar-refractivity contribution is 7.92. The molecule has 170 valence electrons. The standard InChI is InChI=1S/C24H36BNO4S/c1-22(2,3)16-26-15-17(12-13-31(27,28)19-9-10-19)20-11-8-18(14-21(20)26)25-29-23(4,5)24(6,7)30-25/h8,11,14-15,19H,9-10,12-13,16H2,1-7H3. The summed E-state index contributed by atoms with van der Waals surface area (Å²) in [6.07, 6.45) is 4.35. The van der Waals surface area contributed by atoms with Gasteiger partial charge in [-0.1, -0.05) is 32.9 Å². The van der Waals surface area contributed by atoms with Crippen molar-refractivity contribution in [2.75, 3.05) is 5.75 Å². The Bertz CT molecular complexity index is 1070. The minimum atomic E-state index is -2.98. The van der Waals surface area contributed by atoms with E-state index in [4.69, 9.17) is 9.31 Å². The normalized spacial score (nSPS) is 21.2. The van der Waals surface area contributed by atoms with Crippen molar-refractivity contribution >= 4 is 33.3 Å². The lowest BCUT2D eigenvalue weighted by atomic mass is 9.78. The van der Waals surface area contributed by atoms with Crippen molar-refractivity contribution in [1.82, 2.24) is 4.57 Å². The molecule has 1 aliphatic heterocycles. The Hall–Kier alpha value is -1.31. The molecule has 4 rings (SSSR count). The lowest BCUT2D eigenvalue weighted by Gasteiger charge is -2.32. The van der Waals surface area contributed by atoms with Gasteiger partial charge in [-0.15, -0.1) is 0 Å². The summed E-state index contributed by atoms with van der Waals surface area (Å²) in [7, 11) is -3.39. The lowest BCUT2D eigenvalue weighted by Crippen LogP contribution is -2.41. The molecule has 1 aromatic carbocycles. The van der Waals surface area contributed by atoms with E-state index in [1.54, 1.807) is 0 Å². The lowest BCUT2D eigenvalue weighted by molar-refractivity contribution is 0.00578. The highest BCUT2D eigenvalue weighted by Crippen LogP contribution is 2.37. The summed E-state index contributed by atoms with van der Waals surface area (Å²) in [5.74, 6) is 0.227. The first kappa shape index (κ1) is 22.9. The number of nitrogens with zero attached hydrogens (tertiary/aromatic N) is 1. The van der Waals surface area contributed by atoms with Crippen LogP contribution in [-0.2, 0) is 32.1 Å². The van der Waals surface area contributed by atoms with E-state index in [1.165, 1.54) is 0 Å². The molecule has 31 heavy (non-hydrogen) atoms. The molecule has 5 nitrogen and oxygen atoms in total. The Morgan fingerprint density at radius 2 is 1.71 bits per heavy atom. The highest BCUT2D eigenvalue weighted by atomic mass is 32.2. The van der Waals surface area contributed by atoms with Gasteiger partial charge >= 0.3 is 7.12 Å². The van der Waals surface area contributed by atoms with Crippen LogP contribution in [0.1, 0.15) is 66.9 Å². The van der Waals surface area contributed by atoms with Gasteiger partial charge in [0.1, 0.15) is 0 Å². The smallest absolute Gasteiger partial charge is 0.399 e. The van der Waals surface area contributed by atoms with Gasteiger partial charge < -0.3 is 13.9 Å². The van der Waals surface area contributed by atoms with E-state index in [-0.39, 0.29) is 27.6 Å². The first-order chi connectivity index (χ1) is 14.2. The van der Waals surface area contributed by atoms with Gasteiger partial charge in [-0.2, -0.15) is 0 Å². The molecule has 0 bridgehead atoms. The van der Waals surface area contributed by atoms with Crippen LogP contribution in [0.4, 0.5) is 0 Å². The largest absolute Gasteiger partial charge is 0.494 e. The fourth-order valence-electron chi connectivity index (χ4n) is 4.20. The van der Waals surface area contributed by atoms with Crippen LogP contribution < -0.4 is 5.46 Å². The number of hydrogen-bond donors (Lipinski definition) is 0. The molecular formula is C24H36BNO4S. The average molecular weight is 445 g/mol. The molecule has 0 unspecified atom stereocenters. The SMILES string of the molecule is CC(C)(C)Cn1cc(CCS(=O)(=O)C2CC2)c2ccc(B3OC(C)(C)C(C)(C)O3)cc21. The second kappa shape index (κ2) is 7.36. The monoisotopic (exact) mass is 445 g/mol. The van der Waals surface area contributed by atoms with Gasteiger partial charge in [0.25, 0.3) is 0 Å². The van der Waals surface area contributed by atoms with E-state index in [9.17, 15) is 8.42 Å². The van der Waals surface area contributed by atoms with Crippen LogP contribution in [0, 0.1) is 5.41 Å². The van der Waals surface area contributed by atoms with Gasteiger partial charge in [-0.3, -0.25) is 0 Å². The summed E-state index contributed by atoms with van der Waals surface area (Å²) >= 11 is 0. The summed E-state index contributed by atoms with van der Waals surface area (Å²) in [6.45, 7) is 15.7. The molecule has 2 aliphatic rings. The predicted molar refractivity (Wildman–Crippen MR) is 128 cm³/mol. The molecule has 0 atom stereocenters. The third-order valence-electron chi connectivity index (χ3n) is 6.85. The van der Waals surface area contributed by atoms with Gasteiger partial charge in [-0.05, 0) is 69.5 Å². The van der Waals surface area contributed by atoms with Crippen molar-refractivity contribution in [3.05, 3.63) is 30.0 Å². The maximum Gasteiger partial charge on any atom is 0.494 e. The van der Waals surface area contributed by atoms with E-state index in [0.717, 1.165) is 41.3 Å². The predicted octanol–water partition coefficient (Wildman–Crippen LogP) is 4.11. The van der Waals surface area contributed by atoms with E-state index in [1.807, 2.05) is 0 Å². The van der Waals surface area contributed by atoms with Crippen LogP contribution >= 0.6 is 0 Å². The zero-order chi connectivity index (χ0) is 22.8. The van der Waals surface area contributed by atoms with Crippen molar-refractivity contribution in [3.63, 3.8) is 0 Å². The molecule has 2 aromatic rings. The Morgan fingerprint density at radius 3 is 2.26 bits per heavy atom. The number of hydrogen-bond acceptors (Lipinski definition) is 4. The molecule has 2 heterocycles. The van der Waals surface area contributed by atoms with Crippen molar-refractivity contribution in [2.45, 2.75) is 90.7 Å². The molecule has 1 aromatic heterocycles. The number of sulfone groups is 1.